The van der Waals surface area contributed by atoms with Gasteiger partial charge in [-0.25, -0.2) is 27.5 Å². The maximum Gasteiger partial charge on any atom is 0.454 e. The van der Waals surface area contributed by atoms with E-state index in [2.05, 4.69) is 30.4 Å². The van der Waals surface area contributed by atoms with E-state index < -0.39 is 30.4 Å². The Balaban J connectivity index is 0.000000124. The van der Waals surface area contributed by atoms with Crippen LogP contribution in [-0.4, -0.2) is 56.7 Å². The molecule has 0 radical (unpaired) electrons. The highest BCUT2D eigenvalue weighted by molar-refractivity contribution is 6.44. The van der Waals surface area contributed by atoms with E-state index in [9.17, 15) is 17.6 Å². The van der Waals surface area contributed by atoms with Crippen molar-refractivity contribution in [2.75, 3.05) is 0 Å². The van der Waals surface area contributed by atoms with Crippen LogP contribution in [0.2, 0.25) is 11.0 Å². The van der Waals surface area contributed by atoms with Crippen LogP contribution in [0.1, 0.15) is 75.1 Å². The van der Waals surface area contributed by atoms with E-state index >= 15 is 0 Å². The van der Waals surface area contributed by atoms with Crippen molar-refractivity contribution in [2.24, 2.45) is 0 Å². The molecule has 50 heavy (non-hydrogen) atoms. The second-order valence-electron chi connectivity index (χ2n) is 13.2. The van der Waals surface area contributed by atoms with E-state index in [0.29, 0.717) is 45.4 Å². The van der Waals surface area contributed by atoms with Crippen LogP contribution < -0.4 is 0 Å². The number of nitrogens with zero attached hydrogens (tertiary/aromatic N) is 8. The van der Waals surface area contributed by atoms with Gasteiger partial charge in [0.2, 0.25) is 0 Å². The first-order valence-electron chi connectivity index (χ1n) is 16.6. The van der Waals surface area contributed by atoms with Crippen molar-refractivity contribution >= 4 is 40.8 Å². The standard InChI is InChI=1S/C17H14F2N4.C14H9ClF2N4.C3H7BO2/c18-12-6-15-16(7-13(12)19)23(11-3-4-11)17(21-15)10-5-14(9-1-2-9)22-20-8-10;15-13-3-7(6-18-20-13)14-19-11-4-9(16)10(17)5-12(11)21(14)8-1-2-8;5-4(6)3-1-2-3/h5-9,11H,1-4H2;3-6,8H,1-2H2;3,5-6H,1-2H2. The number of rotatable bonds is 6. The molecule has 0 bridgehead atoms. The van der Waals surface area contributed by atoms with E-state index in [1.807, 2.05) is 15.2 Å². The third-order valence-corrected chi connectivity index (χ3v) is 9.33. The molecule has 0 unspecified atom stereocenters. The Bertz CT molecular complexity index is 2230. The molecule has 10 rings (SSSR count). The molecular formula is C34H30BClF4N8O2. The fourth-order valence-electron chi connectivity index (χ4n) is 5.93. The molecule has 0 amide bonds. The van der Waals surface area contributed by atoms with Gasteiger partial charge in [0, 0.05) is 53.4 Å². The van der Waals surface area contributed by atoms with Crippen LogP contribution in [0.15, 0.2) is 48.8 Å². The van der Waals surface area contributed by atoms with Gasteiger partial charge in [0.25, 0.3) is 0 Å². The van der Waals surface area contributed by atoms with Crippen molar-refractivity contribution in [3.05, 3.63) is 82.9 Å². The second-order valence-corrected chi connectivity index (χ2v) is 13.6. The Labute approximate surface area is 288 Å². The van der Waals surface area contributed by atoms with E-state index in [-0.39, 0.29) is 17.0 Å². The number of benzene rings is 2. The summed E-state index contributed by atoms with van der Waals surface area (Å²) in [5.41, 5.74) is 4.66. The molecule has 256 valence electrons. The molecule has 4 aromatic heterocycles. The van der Waals surface area contributed by atoms with Gasteiger partial charge in [-0.05, 0) is 56.5 Å². The molecule has 0 atom stereocenters. The monoisotopic (exact) mass is 704 g/mol. The second kappa shape index (κ2) is 13.0. The fraction of sp³-hybridized carbons (Fsp3) is 0.353. The first-order chi connectivity index (χ1) is 24.1. The Morgan fingerprint density at radius 1 is 0.620 bits per heavy atom. The van der Waals surface area contributed by atoms with Crippen LogP contribution in [0.25, 0.3) is 44.8 Å². The van der Waals surface area contributed by atoms with Gasteiger partial charge in [0.15, 0.2) is 28.4 Å². The molecule has 4 saturated carbocycles. The third kappa shape index (κ3) is 6.81. The molecule has 6 aromatic rings. The molecule has 4 aliphatic carbocycles. The van der Waals surface area contributed by atoms with Crippen LogP contribution >= 0.6 is 11.6 Å². The van der Waals surface area contributed by atoms with E-state index in [0.717, 1.165) is 74.5 Å². The van der Waals surface area contributed by atoms with Crippen molar-refractivity contribution < 1.29 is 27.6 Å². The lowest BCUT2D eigenvalue weighted by atomic mass is 9.84. The van der Waals surface area contributed by atoms with Crippen molar-refractivity contribution in [1.82, 2.24) is 39.5 Å². The largest absolute Gasteiger partial charge is 0.454 e. The number of imidazole rings is 2. The lowest BCUT2D eigenvalue weighted by Gasteiger charge is -2.08. The number of halogens is 5. The number of fused-ring (bicyclic) bond motifs is 2. The van der Waals surface area contributed by atoms with Crippen LogP contribution in [0, 0.1) is 23.3 Å². The summed E-state index contributed by atoms with van der Waals surface area (Å²) in [7, 11) is -1.04. The Kier molecular flexibility index (Phi) is 8.52. The lowest BCUT2D eigenvalue weighted by molar-refractivity contribution is 0.403. The average molecular weight is 705 g/mol. The summed E-state index contributed by atoms with van der Waals surface area (Å²) in [6.45, 7) is 0. The predicted molar refractivity (Wildman–Crippen MR) is 178 cm³/mol. The van der Waals surface area contributed by atoms with Crippen molar-refractivity contribution in [1.29, 1.82) is 0 Å². The Morgan fingerprint density at radius 2 is 1.10 bits per heavy atom. The molecule has 0 aliphatic heterocycles. The van der Waals surface area contributed by atoms with E-state index in [4.69, 9.17) is 21.6 Å². The smallest absolute Gasteiger partial charge is 0.427 e. The molecule has 10 nitrogen and oxygen atoms in total. The van der Waals surface area contributed by atoms with Gasteiger partial charge in [-0.2, -0.15) is 15.3 Å². The first kappa shape index (κ1) is 32.7. The van der Waals surface area contributed by atoms with Crippen molar-refractivity contribution in [3.8, 4) is 22.8 Å². The first-order valence-corrected chi connectivity index (χ1v) is 16.9. The quantitative estimate of drug-likeness (QED) is 0.136. The maximum absolute atomic E-state index is 13.7. The van der Waals surface area contributed by atoms with Gasteiger partial charge in [-0.15, -0.1) is 5.10 Å². The van der Waals surface area contributed by atoms with Gasteiger partial charge in [0.1, 0.15) is 11.6 Å². The molecule has 4 heterocycles. The minimum atomic E-state index is -1.04. The molecule has 2 aromatic carbocycles. The number of aromatic nitrogens is 8. The molecule has 0 spiro atoms. The van der Waals surface area contributed by atoms with Gasteiger partial charge >= 0.3 is 7.12 Å². The van der Waals surface area contributed by atoms with Crippen LogP contribution in [0.5, 0.6) is 0 Å². The summed E-state index contributed by atoms with van der Waals surface area (Å²) in [6, 6.07) is 8.93. The van der Waals surface area contributed by atoms with E-state index in [1.54, 1.807) is 18.5 Å². The zero-order chi connectivity index (χ0) is 34.7. The minimum Gasteiger partial charge on any atom is -0.427 e. The highest BCUT2D eigenvalue weighted by Gasteiger charge is 2.33. The van der Waals surface area contributed by atoms with Gasteiger partial charge < -0.3 is 19.2 Å². The lowest BCUT2D eigenvalue weighted by Crippen LogP contribution is -2.09. The zero-order valence-electron chi connectivity index (χ0n) is 26.5. The molecule has 2 N–H and O–H groups in total. The predicted octanol–water partition coefficient (Wildman–Crippen LogP) is 7.37. The number of hydrogen-bond donors (Lipinski definition) is 2. The zero-order valence-corrected chi connectivity index (χ0v) is 27.3. The van der Waals surface area contributed by atoms with Crippen molar-refractivity contribution in [2.45, 2.75) is 75.2 Å². The maximum atomic E-state index is 13.7. The van der Waals surface area contributed by atoms with Crippen LogP contribution in [-0.2, 0) is 0 Å². The highest BCUT2D eigenvalue weighted by Crippen LogP contribution is 2.44. The van der Waals surface area contributed by atoms with Crippen molar-refractivity contribution in [3.63, 3.8) is 0 Å². The Hall–Kier alpha value is -4.47. The highest BCUT2D eigenvalue weighted by atomic mass is 35.5. The van der Waals surface area contributed by atoms with Crippen LogP contribution in [0.4, 0.5) is 17.6 Å². The van der Waals surface area contributed by atoms with Gasteiger partial charge in [0.05, 0.1) is 40.2 Å². The van der Waals surface area contributed by atoms with E-state index in [1.165, 1.54) is 18.2 Å². The summed E-state index contributed by atoms with van der Waals surface area (Å²) < 4.78 is 58.1. The topological polar surface area (TPSA) is 128 Å². The van der Waals surface area contributed by atoms with Crippen LogP contribution in [0.3, 0.4) is 0 Å². The molecule has 4 fully saturated rings. The number of hydrogen-bond acceptors (Lipinski definition) is 8. The molecular weight excluding hydrogens is 675 g/mol. The summed E-state index contributed by atoms with van der Waals surface area (Å²) in [6.07, 6.45) is 11.6. The summed E-state index contributed by atoms with van der Waals surface area (Å²) >= 11 is 5.86. The SMILES string of the molecule is Fc1cc2nc(-c3cnnc(C4CC4)c3)n(C3CC3)c2cc1F.Fc1cc2nc(-c3cnnc(Cl)c3)n(C3CC3)c2cc1F.OB(O)C1CC1. The molecule has 16 heteroatoms. The summed E-state index contributed by atoms with van der Waals surface area (Å²) in [5, 5.41) is 32.5. The summed E-state index contributed by atoms with van der Waals surface area (Å²) in [4.78, 5) is 8.97. The third-order valence-electron chi connectivity index (χ3n) is 9.14. The average Bonchev–Trinajstić information content (AvgIpc) is 3.89. The Morgan fingerprint density at radius 3 is 1.52 bits per heavy atom. The normalized spacial score (nSPS) is 16.9. The van der Waals surface area contributed by atoms with Gasteiger partial charge in [-0.1, -0.05) is 24.4 Å². The van der Waals surface area contributed by atoms with Gasteiger partial charge in [-0.3, -0.25) is 0 Å². The summed E-state index contributed by atoms with van der Waals surface area (Å²) in [5.74, 6) is -1.43. The molecule has 0 saturated heterocycles. The fourth-order valence-corrected chi connectivity index (χ4v) is 6.10. The molecule has 4 aliphatic rings. The minimum absolute atomic E-state index is 0.213.